The highest BCUT2D eigenvalue weighted by Crippen LogP contribution is 2.23. The van der Waals surface area contributed by atoms with Crippen molar-refractivity contribution in [2.45, 2.75) is 33.4 Å². The summed E-state index contributed by atoms with van der Waals surface area (Å²) in [4.78, 5) is 28.2. The van der Waals surface area contributed by atoms with Gasteiger partial charge in [-0.05, 0) is 26.7 Å². The summed E-state index contributed by atoms with van der Waals surface area (Å²) >= 11 is 0. The minimum absolute atomic E-state index is 0.135. The van der Waals surface area contributed by atoms with E-state index in [0.717, 1.165) is 32.7 Å². The predicted octanol–water partition coefficient (Wildman–Crippen LogP) is 0.569. The summed E-state index contributed by atoms with van der Waals surface area (Å²) in [6.07, 6.45) is -0.0222. The molecule has 6 nitrogen and oxygen atoms in total. The number of ether oxygens (including phenoxy) is 1. The molecule has 0 N–H and O–H groups in total. The van der Waals surface area contributed by atoms with Gasteiger partial charge in [0.15, 0.2) is 12.3 Å². The number of hydrogen-bond acceptors (Lipinski definition) is 5. The van der Waals surface area contributed by atoms with Crippen molar-refractivity contribution >= 4 is 11.8 Å². The highest BCUT2D eigenvalue weighted by Gasteiger charge is 2.45. The normalized spacial score (nSPS) is 25.0. The standard InChI is InChI=1S/C16H32N3O3/c1-6-17(4)12-14(20)11-15-19(5,13-16(21)22-15)10-9-18(7-2)8-3/h15H,6-13H2,1-5H3/q+1/t15-,19?/m1/s1. The lowest BCUT2D eigenvalue weighted by atomic mass is 10.2. The van der Waals surface area contributed by atoms with Crippen LogP contribution >= 0.6 is 0 Å². The second-order valence-corrected chi connectivity index (χ2v) is 6.41. The fourth-order valence-corrected chi connectivity index (χ4v) is 2.78. The van der Waals surface area contributed by atoms with Crippen molar-refractivity contribution in [3.8, 4) is 0 Å². The van der Waals surface area contributed by atoms with Gasteiger partial charge in [0.1, 0.15) is 0 Å². The highest BCUT2D eigenvalue weighted by molar-refractivity contribution is 5.81. The largest absolute Gasteiger partial charge is 0.408 e. The molecule has 1 rings (SSSR count). The number of likely N-dealkylation sites (N-methyl/N-ethyl adjacent to an activating group) is 3. The number of carbonyl (C=O) groups is 2. The fourth-order valence-electron chi connectivity index (χ4n) is 2.78. The van der Waals surface area contributed by atoms with Gasteiger partial charge in [0.2, 0.25) is 6.23 Å². The van der Waals surface area contributed by atoms with E-state index in [-0.39, 0.29) is 18.0 Å². The van der Waals surface area contributed by atoms with Crippen LogP contribution in [0.2, 0.25) is 0 Å². The average Bonchev–Trinajstić information content (AvgIpc) is 2.74. The molecule has 1 fully saturated rings. The number of quaternary nitrogens is 1. The molecule has 22 heavy (non-hydrogen) atoms. The summed E-state index contributed by atoms with van der Waals surface area (Å²) in [7, 11) is 3.95. The fraction of sp³-hybridized carbons (Fsp3) is 0.875. The number of Topliss-reactive ketones (excluding diaryl/α,β-unsaturated/α-hetero) is 1. The van der Waals surface area contributed by atoms with Crippen LogP contribution in [0, 0.1) is 0 Å². The van der Waals surface area contributed by atoms with Gasteiger partial charge in [0.05, 0.1) is 26.6 Å². The number of hydrogen-bond donors (Lipinski definition) is 0. The van der Waals surface area contributed by atoms with E-state index in [1.807, 2.05) is 25.9 Å². The first-order valence-electron chi connectivity index (χ1n) is 8.30. The van der Waals surface area contributed by atoms with Crippen LogP contribution in [-0.2, 0) is 14.3 Å². The minimum Gasteiger partial charge on any atom is -0.408 e. The zero-order chi connectivity index (χ0) is 16.8. The number of cyclic esters (lactones) is 1. The molecule has 1 saturated heterocycles. The van der Waals surface area contributed by atoms with Gasteiger partial charge in [0, 0.05) is 6.54 Å². The molecule has 1 aliphatic rings. The summed E-state index contributed by atoms with van der Waals surface area (Å²) in [6, 6.07) is 0. The van der Waals surface area contributed by atoms with E-state index in [2.05, 4.69) is 18.7 Å². The third-order valence-electron chi connectivity index (χ3n) is 4.66. The molecule has 0 amide bonds. The Bertz CT molecular complexity index is 385. The first-order valence-corrected chi connectivity index (χ1v) is 8.30. The Morgan fingerprint density at radius 1 is 1.27 bits per heavy atom. The third-order valence-corrected chi connectivity index (χ3v) is 4.66. The van der Waals surface area contributed by atoms with Crippen LogP contribution in [0.3, 0.4) is 0 Å². The quantitative estimate of drug-likeness (QED) is 0.436. The Labute approximate surface area is 134 Å². The Hall–Kier alpha value is -0.980. The molecule has 2 atom stereocenters. The molecule has 0 spiro atoms. The van der Waals surface area contributed by atoms with E-state index in [1.165, 1.54) is 0 Å². The number of carbonyl (C=O) groups excluding carboxylic acids is 2. The maximum Gasteiger partial charge on any atom is 0.366 e. The zero-order valence-electron chi connectivity index (χ0n) is 14.8. The number of rotatable bonds is 10. The van der Waals surface area contributed by atoms with Crippen molar-refractivity contribution in [1.82, 2.24) is 9.80 Å². The van der Waals surface area contributed by atoms with Crippen molar-refractivity contribution < 1.29 is 18.8 Å². The summed E-state index contributed by atoms with van der Waals surface area (Å²) in [5, 5.41) is 0. The molecule has 0 bridgehead atoms. The third kappa shape index (κ3) is 5.34. The molecule has 6 heteroatoms. The van der Waals surface area contributed by atoms with Crippen molar-refractivity contribution in [3.63, 3.8) is 0 Å². The molecule has 128 valence electrons. The number of esters is 1. The van der Waals surface area contributed by atoms with E-state index >= 15 is 0 Å². The lowest BCUT2D eigenvalue weighted by Gasteiger charge is -2.34. The molecule has 0 aromatic heterocycles. The van der Waals surface area contributed by atoms with Crippen LogP contribution in [0.25, 0.3) is 0 Å². The monoisotopic (exact) mass is 314 g/mol. The van der Waals surface area contributed by atoms with Gasteiger partial charge in [-0.1, -0.05) is 20.8 Å². The molecule has 0 saturated carbocycles. The van der Waals surface area contributed by atoms with Crippen LogP contribution in [0.4, 0.5) is 0 Å². The number of nitrogens with zero attached hydrogens (tertiary/aromatic N) is 3. The second kappa shape index (κ2) is 8.60. The Morgan fingerprint density at radius 3 is 2.45 bits per heavy atom. The Morgan fingerprint density at radius 2 is 1.91 bits per heavy atom. The molecule has 1 heterocycles. The van der Waals surface area contributed by atoms with E-state index < -0.39 is 0 Å². The molecule has 0 aromatic carbocycles. The predicted molar refractivity (Wildman–Crippen MR) is 86.4 cm³/mol. The molecule has 1 unspecified atom stereocenters. The Kier molecular flexibility index (Phi) is 7.45. The van der Waals surface area contributed by atoms with E-state index in [0.29, 0.717) is 24.0 Å². The van der Waals surface area contributed by atoms with E-state index in [1.54, 1.807) is 0 Å². The molecular formula is C16H32N3O3+. The van der Waals surface area contributed by atoms with Gasteiger partial charge in [-0.15, -0.1) is 0 Å². The van der Waals surface area contributed by atoms with Crippen LogP contribution in [0.5, 0.6) is 0 Å². The first-order chi connectivity index (χ1) is 10.3. The lowest BCUT2D eigenvalue weighted by molar-refractivity contribution is -0.930. The van der Waals surface area contributed by atoms with Gasteiger partial charge in [-0.2, -0.15) is 0 Å². The minimum atomic E-state index is -0.333. The van der Waals surface area contributed by atoms with Crippen LogP contribution < -0.4 is 0 Å². The second-order valence-electron chi connectivity index (χ2n) is 6.41. The van der Waals surface area contributed by atoms with E-state index in [4.69, 9.17) is 4.74 Å². The van der Waals surface area contributed by atoms with Crippen LogP contribution in [-0.4, -0.2) is 92.2 Å². The molecule has 0 aromatic rings. The van der Waals surface area contributed by atoms with Gasteiger partial charge in [0.25, 0.3) is 0 Å². The van der Waals surface area contributed by atoms with Gasteiger partial charge in [-0.3, -0.25) is 19.1 Å². The molecule has 0 radical (unpaired) electrons. The smallest absolute Gasteiger partial charge is 0.366 e. The topological polar surface area (TPSA) is 49.9 Å². The zero-order valence-corrected chi connectivity index (χ0v) is 14.8. The maximum atomic E-state index is 12.2. The summed E-state index contributed by atoms with van der Waals surface area (Å²) in [6.45, 7) is 11.6. The SMILES string of the molecule is CCN(C)CC(=O)C[C@H]1OC(=O)C[N+]1(C)CCN(CC)CC. The average molecular weight is 314 g/mol. The lowest BCUT2D eigenvalue weighted by Crippen LogP contribution is -2.53. The summed E-state index contributed by atoms with van der Waals surface area (Å²) in [5.41, 5.74) is 0. The summed E-state index contributed by atoms with van der Waals surface area (Å²) < 4.78 is 5.95. The van der Waals surface area contributed by atoms with Crippen molar-refractivity contribution in [3.05, 3.63) is 0 Å². The van der Waals surface area contributed by atoms with Gasteiger partial charge < -0.3 is 4.74 Å². The molecular weight excluding hydrogens is 282 g/mol. The van der Waals surface area contributed by atoms with Crippen molar-refractivity contribution in [2.24, 2.45) is 0 Å². The summed E-state index contributed by atoms with van der Waals surface area (Å²) in [5.74, 6) is -0.0556. The van der Waals surface area contributed by atoms with E-state index in [9.17, 15) is 9.59 Å². The van der Waals surface area contributed by atoms with Gasteiger partial charge in [-0.25, -0.2) is 4.79 Å². The maximum absolute atomic E-state index is 12.2. The molecule has 1 aliphatic heterocycles. The number of ketones is 1. The molecule has 0 aliphatic carbocycles. The highest BCUT2D eigenvalue weighted by atomic mass is 16.6. The van der Waals surface area contributed by atoms with Crippen molar-refractivity contribution in [2.75, 3.05) is 59.9 Å². The van der Waals surface area contributed by atoms with Crippen molar-refractivity contribution in [1.29, 1.82) is 0 Å². The Balaban J connectivity index is 2.62. The first kappa shape index (κ1) is 19.1. The van der Waals surface area contributed by atoms with Gasteiger partial charge >= 0.3 is 5.97 Å². The van der Waals surface area contributed by atoms with Crippen LogP contribution in [0.1, 0.15) is 27.2 Å². The van der Waals surface area contributed by atoms with Crippen LogP contribution in [0.15, 0.2) is 0 Å².